The van der Waals surface area contributed by atoms with Crippen molar-refractivity contribution >= 4 is 27.7 Å². The third-order valence-corrected chi connectivity index (χ3v) is 6.09. The van der Waals surface area contributed by atoms with Crippen LogP contribution in [0.2, 0.25) is 0 Å². The Labute approximate surface area is 184 Å². The summed E-state index contributed by atoms with van der Waals surface area (Å²) in [6.45, 7) is 4.79. The van der Waals surface area contributed by atoms with Crippen LogP contribution < -0.4 is 0 Å². The molecule has 8 heteroatoms. The molecule has 1 aliphatic carbocycles. The Bertz CT molecular complexity index is 923. The number of hydrogen-bond donors (Lipinski definition) is 0. The molecule has 2 aromatic rings. The third kappa shape index (κ3) is 4.64. The normalized spacial score (nSPS) is 18.8. The highest BCUT2D eigenvalue weighted by Crippen LogP contribution is 2.33. The SMILES string of the molecule is C=CCN(CC(=O)N1CCCCC1c1nc(-c2ccc(Br)cc2)no1)C(=O)C1CC1. The van der Waals surface area contributed by atoms with Crippen molar-refractivity contribution in [1.29, 1.82) is 0 Å². The van der Waals surface area contributed by atoms with Crippen molar-refractivity contribution in [3.8, 4) is 11.4 Å². The largest absolute Gasteiger partial charge is 0.337 e. The van der Waals surface area contributed by atoms with Crippen LogP contribution in [-0.4, -0.2) is 51.4 Å². The average Bonchev–Trinajstić information content (AvgIpc) is 3.50. The van der Waals surface area contributed by atoms with Crippen LogP contribution in [-0.2, 0) is 9.59 Å². The van der Waals surface area contributed by atoms with Gasteiger partial charge in [0.15, 0.2) is 0 Å². The zero-order chi connectivity index (χ0) is 21.1. The van der Waals surface area contributed by atoms with Gasteiger partial charge in [0.25, 0.3) is 0 Å². The van der Waals surface area contributed by atoms with E-state index in [1.54, 1.807) is 15.9 Å². The highest BCUT2D eigenvalue weighted by molar-refractivity contribution is 9.10. The van der Waals surface area contributed by atoms with Gasteiger partial charge in [0.2, 0.25) is 23.5 Å². The Hall–Kier alpha value is -2.48. The molecular weight excluding hydrogens is 448 g/mol. The Morgan fingerprint density at radius 1 is 1.23 bits per heavy atom. The summed E-state index contributed by atoms with van der Waals surface area (Å²) in [6.07, 6.45) is 6.17. The number of carbonyl (C=O) groups excluding carboxylic acids is 2. The first kappa shape index (κ1) is 20.8. The van der Waals surface area contributed by atoms with E-state index in [2.05, 4.69) is 32.6 Å². The maximum absolute atomic E-state index is 13.1. The van der Waals surface area contributed by atoms with Gasteiger partial charge in [-0.25, -0.2) is 0 Å². The summed E-state index contributed by atoms with van der Waals surface area (Å²) in [6, 6.07) is 7.42. The van der Waals surface area contributed by atoms with Crippen molar-refractivity contribution < 1.29 is 14.1 Å². The van der Waals surface area contributed by atoms with E-state index in [1.807, 2.05) is 24.3 Å². The van der Waals surface area contributed by atoms with Gasteiger partial charge in [-0.3, -0.25) is 9.59 Å². The van der Waals surface area contributed by atoms with Crippen LogP contribution in [0.25, 0.3) is 11.4 Å². The molecule has 1 aliphatic heterocycles. The van der Waals surface area contributed by atoms with Gasteiger partial charge in [-0.1, -0.05) is 27.2 Å². The van der Waals surface area contributed by atoms with Crippen LogP contribution in [0.4, 0.5) is 0 Å². The fourth-order valence-corrected chi connectivity index (χ4v) is 4.07. The molecule has 2 amide bonds. The number of nitrogens with zero attached hydrogens (tertiary/aromatic N) is 4. The van der Waals surface area contributed by atoms with E-state index in [9.17, 15) is 9.59 Å². The maximum Gasteiger partial charge on any atom is 0.249 e. The molecular formula is C22H25BrN4O3. The van der Waals surface area contributed by atoms with Crippen LogP contribution in [0.5, 0.6) is 0 Å². The van der Waals surface area contributed by atoms with Crippen molar-refractivity contribution in [1.82, 2.24) is 19.9 Å². The molecule has 1 aromatic carbocycles. The van der Waals surface area contributed by atoms with Crippen LogP contribution >= 0.6 is 15.9 Å². The number of piperidine rings is 1. The van der Waals surface area contributed by atoms with Crippen molar-refractivity contribution in [2.75, 3.05) is 19.6 Å². The molecule has 0 radical (unpaired) electrons. The number of halogens is 1. The molecule has 0 bridgehead atoms. The Balaban J connectivity index is 1.49. The summed E-state index contributed by atoms with van der Waals surface area (Å²) in [5, 5.41) is 4.12. The van der Waals surface area contributed by atoms with Crippen LogP contribution in [0, 0.1) is 5.92 Å². The number of aromatic nitrogens is 2. The highest BCUT2D eigenvalue weighted by Gasteiger charge is 2.36. The summed E-state index contributed by atoms with van der Waals surface area (Å²) in [5.41, 5.74) is 0.856. The lowest BCUT2D eigenvalue weighted by Crippen LogP contribution is -2.46. The number of rotatable bonds is 7. The predicted molar refractivity (Wildman–Crippen MR) is 115 cm³/mol. The molecule has 158 valence electrons. The fraction of sp³-hybridized carbons (Fsp3) is 0.455. The van der Waals surface area contributed by atoms with Gasteiger partial charge < -0.3 is 14.3 Å². The van der Waals surface area contributed by atoms with Gasteiger partial charge in [0, 0.05) is 29.0 Å². The molecule has 1 aromatic heterocycles. The molecule has 0 spiro atoms. The lowest BCUT2D eigenvalue weighted by Gasteiger charge is -2.35. The highest BCUT2D eigenvalue weighted by atomic mass is 79.9. The maximum atomic E-state index is 13.1. The van der Waals surface area contributed by atoms with Crippen LogP contribution in [0.3, 0.4) is 0 Å². The average molecular weight is 473 g/mol. The molecule has 30 heavy (non-hydrogen) atoms. The lowest BCUT2D eigenvalue weighted by atomic mass is 10.0. The number of likely N-dealkylation sites (tertiary alicyclic amines) is 1. The number of carbonyl (C=O) groups is 2. The first-order valence-electron chi connectivity index (χ1n) is 10.4. The van der Waals surface area contributed by atoms with Crippen molar-refractivity contribution in [3.63, 3.8) is 0 Å². The lowest BCUT2D eigenvalue weighted by molar-refractivity contribution is -0.143. The summed E-state index contributed by atoms with van der Waals surface area (Å²) in [7, 11) is 0. The minimum atomic E-state index is -0.260. The van der Waals surface area contributed by atoms with Gasteiger partial charge in [-0.2, -0.15) is 4.98 Å². The number of benzene rings is 1. The van der Waals surface area contributed by atoms with E-state index in [0.717, 1.165) is 42.1 Å². The predicted octanol–water partition coefficient (Wildman–Crippen LogP) is 3.98. The number of amides is 2. The Morgan fingerprint density at radius 3 is 2.70 bits per heavy atom. The molecule has 7 nitrogen and oxygen atoms in total. The second-order valence-corrected chi connectivity index (χ2v) is 8.76. The summed E-state index contributed by atoms with van der Waals surface area (Å²) < 4.78 is 6.53. The third-order valence-electron chi connectivity index (χ3n) is 5.57. The molecule has 4 rings (SSSR count). The topological polar surface area (TPSA) is 79.5 Å². The monoisotopic (exact) mass is 472 g/mol. The molecule has 2 fully saturated rings. The molecule has 2 aliphatic rings. The molecule has 1 atom stereocenters. The van der Waals surface area contributed by atoms with E-state index < -0.39 is 0 Å². The van der Waals surface area contributed by atoms with Crippen molar-refractivity contribution in [3.05, 3.63) is 47.3 Å². The first-order chi connectivity index (χ1) is 14.6. The van der Waals surface area contributed by atoms with Gasteiger partial charge in [0.05, 0.1) is 0 Å². The minimum Gasteiger partial charge on any atom is -0.337 e. The summed E-state index contributed by atoms with van der Waals surface area (Å²) in [4.78, 5) is 33.6. The molecule has 2 heterocycles. The van der Waals surface area contributed by atoms with E-state index in [4.69, 9.17) is 4.52 Å². The summed E-state index contributed by atoms with van der Waals surface area (Å²) >= 11 is 3.42. The standard InChI is InChI=1S/C22H25BrN4O3/c1-2-12-26(22(29)16-6-7-16)14-19(28)27-13-4-3-5-18(27)21-24-20(25-30-21)15-8-10-17(23)11-9-15/h2,8-11,16,18H,1,3-7,12-14H2. The molecule has 1 saturated heterocycles. The number of hydrogen-bond acceptors (Lipinski definition) is 5. The zero-order valence-electron chi connectivity index (χ0n) is 16.8. The minimum absolute atomic E-state index is 0.0483. The van der Waals surface area contributed by atoms with Crippen LogP contribution in [0.1, 0.15) is 44.0 Å². The van der Waals surface area contributed by atoms with Gasteiger partial charge in [-0.15, -0.1) is 6.58 Å². The second-order valence-electron chi connectivity index (χ2n) is 7.84. The smallest absolute Gasteiger partial charge is 0.249 e. The Morgan fingerprint density at radius 2 is 2.00 bits per heavy atom. The molecule has 0 N–H and O–H groups in total. The van der Waals surface area contributed by atoms with Crippen LogP contribution in [0.15, 0.2) is 45.9 Å². The van der Waals surface area contributed by atoms with Gasteiger partial charge in [0.1, 0.15) is 12.6 Å². The fourth-order valence-electron chi connectivity index (χ4n) is 3.80. The van der Waals surface area contributed by atoms with E-state index in [0.29, 0.717) is 24.8 Å². The van der Waals surface area contributed by atoms with E-state index in [1.165, 1.54) is 0 Å². The van der Waals surface area contributed by atoms with E-state index >= 15 is 0 Å². The quantitative estimate of drug-likeness (QED) is 0.569. The second kappa shape index (κ2) is 9.12. The van der Waals surface area contributed by atoms with E-state index in [-0.39, 0.29) is 30.3 Å². The molecule has 1 saturated carbocycles. The van der Waals surface area contributed by atoms with Crippen molar-refractivity contribution in [2.45, 2.75) is 38.1 Å². The molecule has 1 unspecified atom stereocenters. The van der Waals surface area contributed by atoms with Gasteiger partial charge in [-0.05, 0) is 56.4 Å². The first-order valence-corrected chi connectivity index (χ1v) is 11.1. The van der Waals surface area contributed by atoms with Crippen molar-refractivity contribution in [2.24, 2.45) is 5.92 Å². The summed E-state index contributed by atoms with van der Waals surface area (Å²) in [5.74, 6) is 0.989. The zero-order valence-corrected chi connectivity index (χ0v) is 18.4. The van der Waals surface area contributed by atoms with Gasteiger partial charge >= 0.3 is 0 Å². The Kier molecular flexibility index (Phi) is 6.32.